The third-order valence-electron chi connectivity index (χ3n) is 4.38. The highest BCUT2D eigenvalue weighted by Gasteiger charge is 2.52. The Labute approximate surface area is 219 Å². The summed E-state index contributed by atoms with van der Waals surface area (Å²) in [7, 11) is -7.34. The van der Waals surface area contributed by atoms with Gasteiger partial charge in [0.05, 0.1) is 14.9 Å². The van der Waals surface area contributed by atoms with Crippen LogP contribution in [-0.2, 0) is 4.79 Å². The third kappa shape index (κ3) is 7.80. The lowest BCUT2D eigenvalue weighted by atomic mass is 10.4. The Bertz CT molecular complexity index is 990. The minimum atomic E-state index is -4.69. The first-order valence-corrected chi connectivity index (χ1v) is 14.0. The largest absolute Gasteiger partial charge is 0.292 e. The Morgan fingerprint density at radius 2 is 1.06 bits per heavy atom. The van der Waals surface area contributed by atoms with Crippen LogP contribution in [0.15, 0.2) is 101 Å². The van der Waals surface area contributed by atoms with Gasteiger partial charge in [0.25, 0.3) is 5.91 Å². The summed E-state index contributed by atoms with van der Waals surface area (Å²) in [4.78, 5) is 11.2. The Kier molecular flexibility index (Phi) is 11.1. The topological polar surface area (TPSA) is 119 Å². The van der Waals surface area contributed by atoms with E-state index in [0.29, 0.717) is 5.44 Å². The van der Waals surface area contributed by atoms with Gasteiger partial charge in [-0.25, -0.2) is 0 Å². The first kappa shape index (κ1) is 28.8. The van der Waals surface area contributed by atoms with Gasteiger partial charge in [-0.3, -0.25) is 10.1 Å². The van der Waals surface area contributed by atoms with E-state index >= 15 is 0 Å². The lowest BCUT2D eigenvalue weighted by Crippen LogP contribution is -2.58. The van der Waals surface area contributed by atoms with E-state index in [1.165, 1.54) is 0 Å². The first-order chi connectivity index (χ1) is 16.0. The van der Waals surface area contributed by atoms with Crippen LogP contribution in [-0.4, -0.2) is 15.4 Å². The van der Waals surface area contributed by atoms with Crippen LogP contribution in [0.2, 0.25) is 0 Å². The number of benzene rings is 3. The molecule has 2 N–H and O–H groups in total. The van der Waals surface area contributed by atoms with E-state index in [4.69, 9.17) is 65.0 Å². The van der Waals surface area contributed by atoms with Gasteiger partial charge >= 0.3 is 0 Å². The highest BCUT2D eigenvalue weighted by atomic mass is 35.7. The molecule has 0 atom stereocenters. The second-order valence-electron chi connectivity index (χ2n) is 6.47. The molecule has 0 heterocycles. The number of hydrogen-bond donors (Lipinski definition) is 2. The average molecular weight is 585 g/mol. The van der Waals surface area contributed by atoms with E-state index in [0.717, 1.165) is 15.9 Å². The summed E-state index contributed by atoms with van der Waals surface area (Å²) in [6, 6.07) is 29.6. The van der Waals surface area contributed by atoms with Gasteiger partial charge in [0.2, 0.25) is 5.44 Å². The normalized spacial score (nSPS) is 11.3. The number of halogens is 5. The second kappa shape index (κ2) is 13.1. The molecule has 0 saturated carbocycles. The molecule has 0 aliphatic carbocycles. The predicted molar refractivity (Wildman–Crippen MR) is 130 cm³/mol. The highest BCUT2D eigenvalue weighted by Crippen LogP contribution is 2.63. The van der Waals surface area contributed by atoms with Crippen molar-refractivity contribution < 1.29 is 33.7 Å². The molecule has 6 nitrogen and oxygen atoms in total. The molecular formula is C22H18Cl5NO5P+. The van der Waals surface area contributed by atoms with E-state index in [9.17, 15) is 4.79 Å². The highest BCUT2D eigenvalue weighted by molar-refractivity contribution is 7.99. The van der Waals surface area contributed by atoms with E-state index in [2.05, 4.69) is 5.32 Å². The van der Waals surface area contributed by atoms with Crippen LogP contribution in [0.5, 0.6) is 0 Å². The SMILES string of the molecule is O=C(NC(=C(Cl)Cl)[P+](c1ccccc1)(c1ccccc1)c1ccccc1)C(Cl)Cl.[O-][Cl+3]([O-])([O-])O. The quantitative estimate of drug-likeness (QED) is 0.335. The molecule has 3 aromatic rings. The average Bonchev–Trinajstić information content (AvgIpc) is 2.79. The molecule has 0 aliphatic heterocycles. The Balaban J connectivity index is 0.000000739. The van der Waals surface area contributed by atoms with Crippen molar-refractivity contribution in [3.63, 3.8) is 0 Å². The Hall–Kier alpha value is -1.41. The third-order valence-corrected chi connectivity index (χ3v) is 9.65. The van der Waals surface area contributed by atoms with E-state index in [1.807, 2.05) is 91.0 Å². The standard InChI is InChI=1S/C22H16Cl4NOP.ClHO4/c23-19(24)21(28)27-22(20(25)26)29(16-10-4-1-5-11-16,17-12-6-2-7-13-17)18-14-8-3-9-15-18;2-1(3,4)5/h1-15,19H;(H,2,3,4,5)/p+1. The monoisotopic (exact) mass is 582 g/mol. The van der Waals surface area contributed by atoms with Crippen molar-refractivity contribution in [2.24, 2.45) is 0 Å². The van der Waals surface area contributed by atoms with Crippen LogP contribution in [0.3, 0.4) is 0 Å². The van der Waals surface area contributed by atoms with Crippen molar-refractivity contribution in [1.29, 1.82) is 0 Å². The van der Waals surface area contributed by atoms with Gasteiger partial charge in [-0.15, -0.1) is 0 Å². The van der Waals surface area contributed by atoms with E-state index in [-0.39, 0.29) is 4.49 Å². The second-order valence-corrected chi connectivity index (χ2v) is 12.6. The maximum atomic E-state index is 12.5. The number of nitrogens with one attached hydrogen (secondary N) is 1. The van der Waals surface area contributed by atoms with Gasteiger partial charge in [0, 0.05) is 0 Å². The molecule has 0 unspecified atom stereocenters. The van der Waals surface area contributed by atoms with Gasteiger partial charge in [0.15, 0.2) is 16.6 Å². The first-order valence-electron chi connectivity index (χ1n) is 9.32. The molecule has 0 bridgehead atoms. The lowest BCUT2D eigenvalue weighted by Gasteiger charge is -2.29. The summed E-state index contributed by atoms with van der Waals surface area (Å²) in [6.07, 6.45) is 0. The fourth-order valence-corrected chi connectivity index (χ4v) is 8.24. The lowest BCUT2D eigenvalue weighted by molar-refractivity contribution is -1.92. The molecule has 34 heavy (non-hydrogen) atoms. The number of amides is 1. The van der Waals surface area contributed by atoms with Crippen LogP contribution >= 0.6 is 53.7 Å². The zero-order chi connectivity index (χ0) is 25.4. The maximum absolute atomic E-state index is 12.5. The number of hydrogen-bond acceptors (Lipinski definition) is 5. The van der Waals surface area contributed by atoms with Crippen LogP contribution in [0, 0.1) is 10.2 Å². The van der Waals surface area contributed by atoms with Crippen molar-refractivity contribution in [3.8, 4) is 0 Å². The number of carbonyl (C=O) groups is 1. The van der Waals surface area contributed by atoms with Gasteiger partial charge in [-0.05, 0) is 36.4 Å². The zero-order valence-corrected chi connectivity index (χ0v) is 21.8. The molecule has 0 radical (unpaired) electrons. The van der Waals surface area contributed by atoms with Crippen molar-refractivity contribution in [1.82, 2.24) is 5.32 Å². The number of alkyl halides is 2. The van der Waals surface area contributed by atoms with Gasteiger partial charge in [0.1, 0.15) is 15.9 Å². The van der Waals surface area contributed by atoms with Crippen molar-refractivity contribution >= 4 is 75.5 Å². The number of rotatable bonds is 6. The Morgan fingerprint density at radius 3 is 1.29 bits per heavy atom. The Morgan fingerprint density at radius 1 is 0.765 bits per heavy atom. The summed E-state index contributed by atoms with van der Waals surface area (Å²) >= 11 is 24.4. The van der Waals surface area contributed by atoms with Crippen LogP contribution < -0.4 is 35.2 Å². The van der Waals surface area contributed by atoms with Crippen LogP contribution in [0.1, 0.15) is 0 Å². The molecule has 3 aromatic carbocycles. The van der Waals surface area contributed by atoms with Gasteiger partial charge in [-0.2, -0.15) is 14.0 Å². The summed E-state index contributed by atoms with van der Waals surface area (Å²) in [5, 5.41) is 5.75. The van der Waals surface area contributed by atoms with E-state index in [1.54, 1.807) is 0 Å². The molecule has 0 aromatic heterocycles. The van der Waals surface area contributed by atoms with Gasteiger partial charge in [-0.1, -0.05) is 101 Å². The summed E-state index contributed by atoms with van der Waals surface area (Å²) < 4.78 is 32.7. The molecule has 0 spiro atoms. The fraction of sp³-hybridized carbons (Fsp3) is 0.0455. The van der Waals surface area contributed by atoms with Crippen molar-refractivity contribution in [3.05, 3.63) is 101 Å². The molecule has 3 rings (SSSR count). The fourth-order valence-electron chi connectivity index (χ4n) is 3.22. The molecule has 0 saturated heterocycles. The minimum Gasteiger partial charge on any atom is -0.292 e. The molecule has 180 valence electrons. The molecule has 1 amide bonds. The molecule has 0 aliphatic rings. The van der Waals surface area contributed by atoms with Crippen molar-refractivity contribution in [2.75, 3.05) is 0 Å². The molecule has 0 fully saturated rings. The zero-order valence-electron chi connectivity index (χ0n) is 17.2. The molecule has 12 heteroatoms. The molecular weight excluding hydrogens is 566 g/mol. The van der Waals surface area contributed by atoms with Gasteiger partial charge < -0.3 is 0 Å². The smallest absolute Gasteiger partial charge is 0.260 e. The number of carbonyl (C=O) groups excluding carboxylic acids is 1. The summed E-state index contributed by atoms with van der Waals surface area (Å²) in [6.45, 7) is 0. The summed E-state index contributed by atoms with van der Waals surface area (Å²) in [5.41, 5.74) is 0.390. The maximum Gasteiger partial charge on any atom is 0.260 e. The predicted octanol–water partition coefficient (Wildman–Crippen LogP) is 1.38. The van der Waals surface area contributed by atoms with E-state index < -0.39 is 28.2 Å². The van der Waals surface area contributed by atoms with Crippen molar-refractivity contribution in [2.45, 2.75) is 4.84 Å². The van der Waals surface area contributed by atoms with Crippen LogP contribution in [0.25, 0.3) is 0 Å². The van der Waals surface area contributed by atoms with Crippen LogP contribution in [0.4, 0.5) is 0 Å². The minimum absolute atomic E-state index is 0.0442. The summed E-state index contributed by atoms with van der Waals surface area (Å²) in [5.74, 6) is -0.589.